The van der Waals surface area contributed by atoms with Crippen molar-refractivity contribution in [3.63, 3.8) is 0 Å². The highest BCUT2D eigenvalue weighted by Crippen LogP contribution is 2.34. The lowest BCUT2D eigenvalue weighted by molar-refractivity contribution is -0.121. The van der Waals surface area contributed by atoms with E-state index in [4.69, 9.17) is 0 Å². The van der Waals surface area contributed by atoms with Gasteiger partial charge in [0.05, 0.1) is 0 Å². The summed E-state index contributed by atoms with van der Waals surface area (Å²) in [4.78, 5) is 12.5. The van der Waals surface area contributed by atoms with Gasteiger partial charge in [-0.1, -0.05) is 51.0 Å². The molecule has 0 saturated heterocycles. The van der Waals surface area contributed by atoms with Crippen molar-refractivity contribution in [1.29, 1.82) is 0 Å². The molecule has 0 N–H and O–H groups in total. The largest absolute Gasteiger partial charge is 0.299 e. The highest BCUT2D eigenvalue weighted by molar-refractivity contribution is 5.86. The van der Waals surface area contributed by atoms with E-state index in [-0.39, 0.29) is 5.92 Å². The van der Waals surface area contributed by atoms with Gasteiger partial charge in [-0.2, -0.15) is 0 Å². The molecule has 0 saturated carbocycles. The van der Waals surface area contributed by atoms with Gasteiger partial charge in [0.2, 0.25) is 0 Å². The molecule has 0 spiro atoms. The molecule has 1 aliphatic carbocycles. The summed E-state index contributed by atoms with van der Waals surface area (Å²) in [5, 5.41) is 0. The van der Waals surface area contributed by atoms with Crippen LogP contribution >= 0.6 is 0 Å². The topological polar surface area (TPSA) is 17.1 Å². The Balaban J connectivity index is 2.12. The second-order valence-electron chi connectivity index (χ2n) is 5.50. The highest BCUT2D eigenvalue weighted by Gasteiger charge is 2.26. The second kappa shape index (κ2) is 6.17. The average Bonchev–Trinajstić information content (AvgIpc) is 2.43. The van der Waals surface area contributed by atoms with Gasteiger partial charge in [0.15, 0.2) is 0 Å². The molecular weight excluding hydrogens is 220 g/mol. The molecule has 1 aromatic rings. The van der Waals surface area contributed by atoms with Gasteiger partial charge in [-0.25, -0.2) is 0 Å². The number of Topliss-reactive ketones (excluding diaryl/α,β-unsaturated/α-hetero) is 1. The van der Waals surface area contributed by atoms with Gasteiger partial charge in [0, 0.05) is 12.3 Å². The van der Waals surface area contributed by atoms with E-state index in [0.29, 0.717) is 11.7 Å². The lowest BCUT2D eigenvalue weighted by atomic mass is 9.78. The van der Waals surface area contributed by atoms with Crippen LogP contribution in [0.4, 0.5) is 0 Å². The van der Waals surface area contributed by atoms with Crippen LogP contribution in [0.1, 0.15) is 63.0 Å². The molecule has 0 fully saturated rings. The summed E-state index contributed by atoms with van der Waals surface area (Å²) in [6, 6.07) is 8.50. The zero-order valence-electron chi connectivity index (χ0n) is 11.6. The molecule has 1 aliphatic rings. The minimum atomic E-state index is 0.176. The Hall–Kier alpha value is -1.11. The van der Waals surface area contributed by atoms with E-state index in [2.05, 4.69) is 38.1 Å². The summed E-state index contributed by atoms with van der Waals surface area (Å²) in [7, 11) is 0. The standard InChI is InChI=1S/C17H24O/c1-3-13(4-2)12-17(18)16-11-7-9-14-8-5-6-10-15(14)16/h5-6,8,10,13,16H,3-4,7,9,11-12H2,1-2H3. The Bertz CT molecular complexity index is 404. The number of fused-ring (bicyclic) bond motifs is 1. The zero-order chi connectivity index (χ0) is 13.0. The maximum absolute atomic E-state index is 12.5. The van der Waals surface area contributed by atoms with E-state index < -0.39 is 0 Å². The molecule has 2 rings (SSSR count). The molecule has 0 radical (unpaired) electrons. The molecule has 18 heavy (non-hydrogen) atoms. The number of hydrogen-bond donors (Lipinski definition) is 0. The van der Waals surface area contributed by atoms with Crippen molar-refractivity contribution in [3.8, 4) is 0 Å². The van der Waals surface area contributed by atoms with Crippen molar-refractivity contribution >= 4 is 5.78 Å². The fourth-order valence-corrected chi connectivity index (χ4v) is 3.09. The van der Waals surface area contributed by atoms with Gasteiger partial charge in [0.25, 0.3) is 0 Å². The summed E-state index contributed by atoms with van der Waals surface area (Å²) in [6.45, 7) is 4.38. The van der Waals surface area contributed by atoms with E-state index in [0.717, 1.165) is 38.5 Å². The lowest BCUT2D eigenvalue weighted by Gasteiger charge is -2.25. The van der Waals surface area contributed by atoms with E-state index in [1.807, 2.05) is 0 Å². The Morgan fingerprint density at radius 2 is 2.00 bits per heavy atom. The van der Waals surface area contributed by atoms with Crippen LogP contribution in [-0.4, -0.2) is 5.78 Å². The van der Waals surface area contributed by atoms with Crippen LogP contribution in [-0.2, 0) is 11.2 Å². The van der Waals surface area contributed by atoms with Gasteiger partial charge in [0.1, 0.15) is 5.78 Å². The molecule has 1 heteroatoms. The predicted molar refractivity (Wildman–Crippen MR) is 75.8 cm³/mol. The summed E-state index contributed by atoms with van der Waals surface area (Å²) < 4.78 is 0. The second-order valence-corrected chi connectivity index (χ2v) is 5.50. The van der Waals surface area contributed by atoms with Gasteiger partial charge >= 0.3 is 0 Å². The quantitative estimate of drug-likeness (QED) is 0.745. The van der Waals surface area contributed by atoms with Crippen molar-refractivity contribution in [1.82, 2.24) is 0 Å². The van der Waals surface area contributed by atoms with E-state index in [1.165, 1.54) is 11.1 Å². The minimum Gasteiger partial charge on any atom is -0.299 e. The number of carbonyl (C=O) groups excluding carboxylic acids is 1. The van der Waals surface area contributed by atoms with Crippen LogP contribution in [0.5, 0.6) is 0 Å². The molecular formula is C17H24O. The zero-order valence-corrected chi connectivity index (χ0v) is 11.6. The first-order chi connectivity index (χ1) is 8.76. The maximum atomic E-state index is 12.5. The van der Waals surface area contributed by atoms with Crippen LogP contribution in [0.2, 0.25) is 0 Å². The van der Waals surface area contributed by atoms with Crippen molar-refractivity contribution < 1.29 is 4.79 Å². The number of ketones is 1. The Labute approximate surface area is 111 Å². The number of aryl methyl sites for hydroxylation is 1. The first-order valence-electron chi connectivity index (χ1n) is 7.36. The molecule has 0 aliphatic heterocycles. The fraction of sp³-hybridized carbons (Fsp3) is 0.588. The number of benzene rings is 1. The lowest BCUT2D eigenvalue weighted by Crippen LogP contribution is -2.20. The molecule has 1 nitrogen and oxygen atoms in total. The molecule has 0 aromatic heterocycles. The maximum Gasteiger partial charge on any atom is 0.140 e. The molecule has 0 amide bonds. The van der Waals surface area contributed by atoms with Crippen molar-refractivity contribution in [3.05, 3.63) is 35.4 Å². The summed E-state index contributed by atoms with van der Waals surface area (Å²) in [5.74, 6) is 1.22. The van der Waals surface area contributed by atoms with Crippen molar-refractivity contribution in [2.45, 2.75) is 58.3 Å². The molecule has 98 valence electrons. The third kappa shape index (κ3) is 2.82. The van der Waals surface area contributed by atoms with Crippen molar-refractivity contribution in [2.24, 2.45) is 5.92 Å². The Morgan fingerprint density at radius 1 is 1.28 bits per heavy atom. The van der Waals surface area contributed by atoms with Crippen LogP contribution in [0, 0.1) is 5.92 Å². The fourth-order valence-electron chi connectivity index (χ4n) is 3.09. The van der Waals surface area contributed by atoms with Crippen LogP contribution in [0.15, 0.2) is 24.3 Å². The summed E-state index contributed by atoms with van der Waals surface area (Å²) >= 11 is 0. The van der Waals surface area contributed by atoms with Crippen LogP contribution < -0.4 is 0 Å². The highest BCUT2D eigenvalue weighted by atomic mass is 16.1. The monoisotopic (exact) mass is 244 g/mol. The summed E-state index contributed by atoms with van der Waals surface area (Å²) in [5.41, 5.74) is 2.70. The Morgan fingerprint density at radius 3 is 2.72 bits per heavy atom. The molecule has 1 unspecified atom stereocenters. The first kappa shape index (κ1) is 13.3. The van der Waals surface area contributed by atoms with Gasteiger partial charge in [-0.05, 0) is 36.3 Å². The molecule has 1 atom stereocenters. The van der Waals surface area contributed by atoms with E-state index in [9.17, 15) is 4.79 Å². The van der Waals surface area contributed by atoms with E-state index >= 15 is 0 Å². The third-order valence-electron chi connectivity index (χ3n) is 4.40. The minimum absolute atomic E-state index is 0.176. The van der Waals surface area contributed by atoms with Crippen LogP contribution in [0.3, 0.4) is 0 Å². The smallest absolute Gasteiger partial charge is 0.140 e. The first-order valence-corrected chi connectivity index (χ1v) is 7.36. The summed E-state index contributed by atoms with van der Waals surface area (Å²) in [6.07, 6.45) is 6.37. The SMILES string of the molecule is CCC(CC)CC(=O)C1CCCc2ccccc21. The average molecular weight is 244 g/mol. The van der Waals surface area contributed by atoms with Gasteiger partial charge in [-0.3, -0.25) is 4.79 Å². The van der Waals surface area contributed by atoms with Gasteiger partial charge in [-0.15, -0.1) is 0 Å². The normalized spacial score (nSPS) is 18.7. The van der Waals surface area contributed by atoms with Gasteiger partial charge < -0.3 is 0 Å². The third-order valence-corrected chi connectivity index (χ3v) is 4.40. The van der Waals surface area contributed by atoms with Crippen LogP contribution in [0.25, 0.3) is 0 Å². The molecule has 0 heterocycles. The van der Waals surface area contributed by atoms with Crippen molar-refractivity contribution in [2.75, 3.05) is 0 Å². The van der Waals surface area contributed by atoms with E-state index in [1.54, 1.807) is 0 Å². The molecule has 0 bridgehead atoms. The predicted octanol–water partition coefficient (Wildman–Crippen LogP) is 4.50. The molecule has 1 aromatic carbocycles. The number of hydrogen-bond acceptors (Lipinski definition) is 1. The number of carbonyl (C=O) groups is 1. The Kier molecular flexibility index (Phi) is 4.57. The number of rotatable bonds is 5.